The zero-order valence-electron chi connectivity index (χ0n) is 14.3. The summed E-state index contributed by atoms with van der Waals surface area (Å²) in [5.74, 6) is -1.32. The highest BCUT2D eigenvalue weighted by Crippen LogP contribution is 2.36. The van der Waals surface area contributed by atoms with Crippen molar-refractivity contribution in [1.82, 2.24) is 0 Å². The first kappa shape index (κ1) is 19.5. The zero-order chi connectivity index (χ0) is 20.3. The summed E-state index contributed by atoms with van der Waals surface area (Å²) in [5.41, 5.74) is 12.8. The van der Waals surface area contributed by atoms with Gasteiger partial charge in [0.1, 0.15) is 0 Å². The van der Waals surface area contributed by atoms with Crippen LogP contribution in [0.3, 0.4) is 0 Å². The first-order valence-corrected chi connectivity index (χ1v) is 8.73. The molecule has 0 unspecified atom stereocenters. The monoisotopic (exact) mass is 416 g/mol. The van der Waals surface area contributed by atoms with Gasteiger partial charge in [-0.25, -0.2) is 9.59 Å². The topological polar surface area (TPSA) is 105 Å². The molecule has 0 aliphatic rings. The van der Waals surface area contributed by atoms with E-state index in [-0.39, 0.29) is 32.7 Å². The minimum Gasteiger partial charge on any atom is -0.421 e. The molecule has 0 bridgehead atoms. The van der Waals surface area contributed by atoms with Crippen molar-refractivity contribution < 1.29 is 19.1 Å². The highest BCUT2D eigenvalue weighted by atomic mass is 35.5. The van der Waals surface area contributed by atoms with Crippen LogP contribution in [0.15, 0.2) is 60.7 Å². The maximum atomic E-state index is 12.3. The standard InChI is InChI=1S/C20H14Cl2N2O4/c21-15-9-16(22)18(28-20(26)12-3-7-14(24)8-4-12)10-17(15)27-19(25)11-1-5-13(23)6-2-11/h1-10H,23-24H2. The Morgan fingerprint density at radius 3 is 1.36 bits per heavy atom. The van der Waals surface area contributed by atoms with Gasteiger partial charge < -0.3 is 20.9 Å². The number of carbonyl (C=O) groups excluding carboxylic acids is 2. The molecule has 0 amide bonds. The summed E-state index contributed by atoms with van der Waals surface area (Å²) in [7, 11) is 0. The van der Waals surface area contributed by atoms with Gasteiger partial charge >= 0.3 is 11.9 Å². The first-order chi connectivity index (χ1) is 13.3. The summed E-state index contributed by atoms with van der Waals surface area (Å²) >= 11 is 12.2. The number of rotatable bonds is 4. The lowest BCUT2D eigenvalue weighted by Crippen LogP contribution is -2.11. The number of hydrogen-bond donors (Lipinski definition) is 2. The minimum absolute atomic E-state index is 0.00648. The number of nitrogens with two attached hydrogens (primary N) is 2. The van der Waals surface area contributed by atoms with Gasteiger partial charge in [0.2, 0.25) is 0 Å². The van der Waals surface area contributed by atoms with Gasteiger partial charge in [-0.05, 0) is 54.6 Å². The molecule has 8 heteroatoms. The SMILES string of the molecule is Nc1ccc(C(=O)Oc2cc(OC(=O)c3ccc(N)cc3)c(Cl)cc2Cl)cc1. The Morgan fingerprint density at radius 2 is 1.00 bits per heavy atom. The molecule has 142 valence electrons. The molecule has 6 nitrogen and oxygen atoms in total. The Bertz CT molecular complexity index is 955. The number of carbonyl (C=O) groups is 2. The van der Waals surface area contributed by atoms with Crippen LogP contribution in [-0.2, 0) is 0 Å². The van der Waals surface area contributed by atoms with Crippen molar-refractivity contribution in [2.24, 2.45) is 0 Å². The van der Waals surface area contributed by atoms with Crippen LogP contribution >= 0.6 is 23.2 Å². The quantitative estimate of drug-likeness (QED) is 0.365. The Balaban J connectivity index is 1.81. The fraction of sp³-hybridized carbons (Fsp3) is 0. The lowest BCUT2D eigenvalue weighted by molar-refractivity contribution is 0.0733. The van der Waals surface area contributed by atoms with Gasteiger partial charge in [-0.2, -0.15) is 0 Å². The summed E-state index contributed by atoms with van der Waals surface area (Å²) in [4.78, 5) is 24.6. The molecular weight excluding hydrogens is 403 g/mol. The van der Waals surface area contributed by atoms with Crippen LogP contribution < -0.4 is 20.9 Å². The van der Waals surface area contributed by atoms with Gasteiger partial charge in [0.15, 0.2) is 11.5 Å². The van der Waals surface area contributed by atoms with E-state index in [2.05, 4.69) is 0 Å². The molecule has 0 fully saturated rings. The molecule has 0 spiro atoms. The average molecular weight is 417 g/mol. The third kappa shape index (κ3) is 4.54. The maximum absolute atomic E-state index is 12.3. The van der Waals surface area contributed by atoms with E-state index in [1.807, 2.05) is 0 Å². The third-order valence-electron chi connectivity index (χ3n) is 3.68. The van der Waals surface area contributed by atoms with E-state index in [4.69, 9.17) is 44.1 Å². The molecule has 0 aliphatic heterocycles. The van der Waals surface area contributed by atoms with Crippen molar-refractivity contribution in [3.05, 3.63) is 81.8 Å². The van der Waals surface area contributed by atoms with Gasteiger partial charge in [-0.15, -0.1) is 0 Å². The lowest BCUT2D eigenvalue weighted by atomic mass is 10.2. The highest BCUT2D eigenvalue weighted by molar-refractivity contribution is 6.36. The van der Waals surface area contributed by atoms with Crippen LogP contribution in [0, 0.1) is 0 Å². The molecule has 28 heavy (non-hydrogen) atoms. The fourth-order valence-corrected chi connectivity index (χ4v) is 2.68. The maximum Gasteiger partial charge on any atom is 0.343 e. The summed E-state index contributed by atoms with van der Waals surface area (Å²) in [5, 5.41) is 0.169. The van der Waals surface area contributed by atoms with Crippen molar-refractivity contribution in [2.45, 2.75) is 0 Å². The largest absolute Gasteiger partial charge is 0.421 e. The summed E-state index contributed by atoms with van der Waals surface area (Å²) in [6.07, 6.45) is 0. The molecule has 0 saturated heterocycles. The fourth-order valence-electron chi connectivity index (χ4n) is 2.22. The molecule has 0 radical (unpaired) electrons. The molecular formula is C20H14Cl2N2O4. The molecule has 0 heterocycles. The molecule has 3 rings (SSSR count). The van der Waals surface area contributed by atoms with E-state index >= 15 is 0 Å². The normalized spacial score (nSPS) is 10.4. The van der Waals surface area contributed by atoms with Crippen LogP contribution in [0.1, 0.15) is 20.7 Å². The van der Waals surface area contributed by atoms with E-state index < -0.39 is 11.9 Å². The molecule has 3 aromatic rings. The molecule has 0 aromatic heterocycles. The van der Waals surface area contributed by atoms with Gasteiger partial charge in [-0.1, -0.05) is 23.2 Å². The van der Waals surface area contributed by atoms with Crippen LogP contribution in [0.25, 0.3) is 0 Å². The van der Waals surface area contributed by atoms with Gasteiger partial charge in [-0.3, -0.25) is 0 Å². The Morgan fingerprint density at radius 1 is 0.643 bits per heavy atom. The van der Waals surface area contributed by atoms with E-state index in [0.29, 0.717) is 11.4 Å². The van der Waals surface area contributed by atoms with Crippen LogP contribution in [0.2, 0.25) is 10.0 Å². The van der Waals surface area contributed by atoms with Crippen molar-refractivity contribution in [3.8, 4) is 11.5 Å². The van der Waals surface area contributed by atoms with E-state index in [1.165, 1.54) is 36.4 Å². The van der Waals surface area contributed by atoms with Crippen molar-refractivity contribution in [1.29, 1.82) is 0 Å². The van der Waals surface area contributed by atoms with Crippen molar-refractivity contribution >= 4 is 46.5 Å². The first-order valence-electron chi connectivity index (χ1n) is 7.98. The van der Waals surface area contributed by atoms with Gasteiger partial charge in [0.25, 0.3) is 0 Å². The third-order valence-corrected chi connectivity index (χ3v) is 4.28. The second kappa shape index (κ2) is 8.21. The molecule has 0 aliphatic carbocycles. The number of anilines is 2. The summed E-state index contributed by atoms with van der Waals surface area (Å²) in [6.45, 7) is 0. The molecule has 0 atom stereocenters. The number of hydrogen-bond acceptors (Lipinski definition) is 6. The average Bonchev–Trinajstić information content (AvgIpc) is 2.66. The van der Waals surface area contributed by atoms with E-state index in [1.54, 1.807) is 24.3 Å². The minimum atomic E-state index is -0.653. The Hall–Kier alpha value is -3.22. The lowest BCUT2D eigenvalue weighted by Gasteiger charge is -2.11. The number of halogens is 2. The molecule has 0 saturated carbocycles. The second-order valence-corrected chi connectivity index (χ2v) is 6.55. The molecule has 3 aromatic carbocycles. The van der Waals surface area contributed by atoms with Crippen molar-refractivity contribution in [3.63, 3.8) is 0 Å². The van der Waals surface area contributed by atoms with Gasteiger partial charge in [0.05, 0.1) is 21.2 Å². The number of ether oxygens (including phenoxy) is 2. The zero-order valence-corrected chi connectivity index (χ0v) is 15.8. The number of benzene rings is 3. The van der Waals surface area contributed by atoms with Crippen LogP contribution in [0.4, 0.5) is 11.4 Å². The summed E-state index contributed by atoms with van der Waals surface area (Å²) in [6, 6.07) is 14.9. The second-order valence-electron chi connectivity index (χ2n) is 5.74. The van der Waals surface area contributed by atoms with Crippen LogP contribution in [-0.4, -0.2) is 11.9 Å². The van der Waals surface area contributed by atoms with Gasteiger partial charge in [0, 0.05) is 17.4 Å². The summed E-state index contributed by atoms with van der Waals surface area (Å²) < 4.78 is 10.6. The number of nitrogen functional groups attached to an aromatic ring is 2. The van der Waals surface area contributed by atoms with E-state index in [9.17, 15) is 9.59 Å². The predicted octanol–water partition coefficient (Wildman–Crippen LogP) is 4.60. The smallest absolute Gasteiger partial charge is 0.343 e. The van der Waals surface area contributed by atoms with Crippen molar-refractivity contribution in [2.75, 3.05) is 11.5 Å². The Labute approximate surface area is 170 Å². The number of esters is 2. The molecule has 4 N–H and O–H groups in total. The Kier molecular flexibility index (Phi) is 5.73. The predicted molar refractivity (Wildman–Crippen MR) is 108 cm³/mol. The van der Waals surface area contributed by atoms with E-state index in [0.717, 1.165) is 0 Å². The van der Waals surface area contributed by atoms with Crippen LogP contribution in [0.5, 0.6) is 11.5 Å². The highest BCUT2D eigenvalue weighted by Gasteiger charge is 2.17.